The summed E-state index contributed by atoms with van der Waals surface area (Å²) in [7, 11) is 0. The van der Waals surface area contributed by atoms with E-state index in [0.717, 1.165) is 21.9 Å². The maximum Gasteiger partial charge on any atom is 0.138 e. The smallest absolute Gasteiger partial charge is 0.138 e. The number of rotatable bonds is 0. The molecule has 3 rings (SSSR count). The Morgan fingerprint density at radius 2 is 2.27 bits per heavy atom. The van der Waals surface area contributed by atoms with Crippen molar-refractivity contribution in [1.29, 1.82) is 0 Å². The number of aliphatic imine (C=N–C) groups is 1. The SMILES string of the molecule is C1=Cc2c3c(ccc2=NO1)=CN=CCO3. The van der Waals surface area contributed by atoms with Crippen molar-refractivity contribution in [3.8, 4) is 5.75 Å². The number of fused-ring (bicyclic) bond motifs is 3. The molecule has 0 amide bonds. The molecule has 0 spiro atoms. The molecular formula is C11H8N2O2. The molecule has 0 saturated heterocycles. The third-order valence-corrected chi connectivity index (χ3v) is 2.27. The summed E-state index contributed by atoms with van der Waals surface area (Å²) in [6.07, 6.45) is 6.90. The normalized spacial score (nSPS) is 16.0. The largest absolute Gasteiger partial charge is 0.487 e. The molecule has 0 N–H and O–H groups in total. The van der Waals surface area contributed by atoms with Gasteiger partial charge in [-0.05, 0) is 18.2 Å². The van der Waals surface area contributed by atoms with Gasteiger partial charge in [0, 0.05) is 23.2 Å². The summed E-state index contributed by atoms with van der Waals surface area (Å²) >= 11 is 0. The van der Waals surface area contributed by atoms with Crippen LogP contribution < -0.4 is 15.3 Å². The van der Waals surface area contributed by atoms with Gasteiger partial charge < -0.3 is 9.57 Å². The summed E-state index contributed by atoms with van der Waals surface area (Å²) in [6.45, 7) is 0.481. The van der Waals surface area contributed by atoms with E-state index in [1.54, 1.807) is 12.4 Å². The third-order valence-electron chi connectivity index (χ3n) is 2.27. The second kappa shape index (κ2) is 3.24. The minimum atomic E-state index is 0.481. The standard InChI is InChI=1S/C11H8N2O2/c1-2-10-9(3-5-15-13-10)11-8(1)7-12-4-6-14-11/h1-5,7H,6H2. The Hall–Kier alpha value is -2.10. The highest BCUT2D eigenvalue weighted by atomic mass is 16.6. The van der Waals surface area contributed by atoms with Gasteiger partial charge in [0.25, 0.3) is 0 Å². The van der Waals surface area contributed by atoms with E-state index in [1.165, 1.54) is 6.26 Å². The lowest BCUT2D eigenvalue weighted by molar-refractivity contribution is 0.251. The molecule has 15 heavy (non-hydrogen) atoms. The molecule has 4 nitrogen and oxygen atoms in total. The third kappa shape index (κ3) is 1.30. The zero-order chi connectivity index (χ0) is 10.1. The fourth-order valence-electron chi connectivity index (χ4n) is 1.59. The molecule has 0 fully saturated rings. The Bertz CT molecular complexity index is 573. The van der Waals surface area contributed by atoms with Crippen LogP contribution in [-0.2, 0) is 4.84 Å². The van der Waals surface area contributed by atoms with Crippen LogP contribution in [0.25, 0.3) is 12.3 Å². The van der Waals surface area contributed by atoms with Crippen LogP contribution in [0.1, 0.15) is 5.56 Å². The monoisotopic (exact) mass is 200 g/mol. The van der Waals surface area contributed by atoms with Gasteiger partial charge in [-0.2, -0.15) is 0 Å². The van der Waals surface area contributed by atoms with E-state index in [4.69, 9.17) is 9.57 Å². The molecule has 4 heteroatoms. The Morgan fingerprint density at radius 3 is 3.27 bits per heavy atom. The molecule has 0 radical (unpaired) electrons. The lowest BCUT2D eigenvalue weighted by Gasteiger charge is -2.08. The molecule has 0 aliphatic carbocycles. The van der Waals surface area contributed by atoms with Crippen LogP contribution in [-0.4, -0.2) is 12.8 Å². The first-order chi connectivity index (χ1) is 7.45. The minimum absolute atomic E-state index is 0.481. The van der Waals surface area contributed by atoms with Crippen LogP contribution in [0.4, 0.5) is 0 Å². The maximum atomic E-state index is 5.60. The predicted molar refractivity (Wildman–Crippen MR) is 55.8 cm³/mol. The van der Waals surface area contributed by atoms with E-state index in [-0.39, 0.29) is 0 Å². The molecule has 1 aromatic rings. The highest BCUT2D eigenvalue weighted by molar-refractivity contribution is 5.67. The predicted octanol–water partition coefficient (Wildman–Crippen LogP) is 0.423. The summed E-state index contributed by atoms with van der Waals surface area (Å²) in [4.78, 5) is 8.97. The molecule has 0 aromatic heterocycles. The van der Waals surface area contributed by atoms with Crippen molar-refractivity contribution in [1.82, 2.24) is 0 Å². The zero-order valence-electron chi connectivity index (χ0n) is 7.88. The molecule has 0 saturated carbocycles. The average molecular weight is 200 g/mol. The van der Waals surface area contributed by atoms with Crippen LogP contribution >= 0.6 is 0 Å². The van der Waals surface area contributed by atoms with Gasteiger partial charge in [0.15, 0.2) is 0 Å². The first-order valence-electron chi connectivity index (χ1n) is 4.63. The van der Waals surface area contributed by atoms with Gasteiger partial charge in [-0.25, -0.2) is 0 Å². The summed E-state index contributed by atoms with van der Waals surface area (Å²) in [5, 5.41) is 5.66. The van der Waals surface area contributed by atoms with Crippen LogP contribution in [0.3, 0.4) is 0 Å². The van der Waals surface area contributed by atoms with Gasteiger partial charge in [-0.15, -0.1) is 0 Å². The van der Waals surface area contributed by atoms with Gasteiger partial charge in [-0.3, -0.25) is 4.99 Å². The Morgan fingerprint density at radius 1 is 1.27 bits per heavy atom. The van der Waals surface area contributed by atoms with Crippen LogP contribution in [0.2, 0.25) is 0 Å². The number of benzene rings is 1. The van der Waals surface area contributed by atoms with Crippen molar-refractivity contribution in [2.24, 2.45) is 10.1 Å². The highest BCUT2D eigenvalue weighted by Gasteiger charge is 2.09. The van der Waals surface area contributed by atoms with Crippen LogP contribution in [0, 0.1) is 0 Å². The van der Waals surface area contributed by atoms with Crippen LogP contribution in [0.5, 0.6) is 5.75 Å². The number of hydrogen-bond acceptors (Lipinski definition) is 4. The quantitative estimate of drug-likeness (QED) is 0.609. The van der Waals surface area contributed by atoms with Crippen molar-refractivity contribution in [3.05, 3.63) is 34.5 Å². The molecule has 1 aromatic carbocycles. The number of nitrogens with zero attached hydrogens (tertiary/aromatic N) is 2. The zero-order valence-corrected chi connectivity index (χ0v) is 7.88. The minimum Gasteiger partial charge on any atom is -0.487 e. The van der Waals surface area contributed by atoms with Gasteiger partial charge in [0.2, 0.25) is 0 Å². The molecular weight excluding hydrogens is 192 g/mol. The van der Waals surface area contributed by atoms with Gasteiger partial charge >= 0.3 is 0 Å². The first kappa shape index (κ1) is 8.23. The van der Waals surface area contributed by atoms with E-state index in [2.05, 4.69) is 10.1 Å². The summed E-state index contributed by atoms with van der Waals surface area (Å²) in [6, 6.07) is 3.81. The van der Waals surface area contributed by atoms with Gasteiger partial charge in [0.1, 0.15) is 24.0 Å². The first-order valence-corrected chi connectivity index (χ1v) is 4.63. The van der Waals surface area contributed by atoms with Crippen LogP contribution in [0.15, 0.2) is 28.5 Å². The summed E-state index contributed by atoms with van der Waals surface area (Å²) in [5.41, 5.74) is 0.945. The number of ether oxygens (including phenoxy) is 1. The Balaban J connectivity index is 2.37. The van der Waals surface area contributed by atoms with E-state index in [9.17, 15) is 0 Å². The topological polar surface area (TPSA) is 43.2 Å². The van der Waals surface area contributed by atoms with Crippen molar-refractivity contribution in [3.63, 3.8) is 0 Å². The van der Waals surface area contributed by atoms with E-state index >= 15 is 0 Å². The fraction of sp³-hybridized carbons (Fsp3) is 0.0909. The second-order valence-corrected chi connectivity index (χ2v) is 3.19. The van der Waals surface area contributed by atoms with E-state index in [1.807, 2.05) is 18.2 Å². The van der Waals surface area contributed by atoms with Gasteiger partial charge in [-0.1, -0.05) is 5.16 Å². The maximum absolute atomic E-state index is 5.60. The molecule has 0 unspecified atom stereocenters. The summed E-state index contributed by atoms with van der Waals surface area (Å²) < 4.78 is 5.60. The molecule has 2 heterocycles. The second-order valence-electron chi connectivity index (χ2n) is 3.19. The van der Waals surface area contributed by atoms with Gasteiger partial charge in [0.05, 0.1) is 0 Å². The Kier molecular flexibility index (Phi) is 1.78. The lowest BCUT2D eigenvalue weighted by atomic mass is 10.1. The molecule has 2 aliphatic rings. The lowest BCUT2D eigenvalue weighted by Crippen LogP contribution is -2.19. The Labute approximate surface area is 85.8 Å². The van der Waals surface area contributed by atoms with E-state index in [0.29, 0.717) is 6.61 Å². The molecule has 2 aliphatic heterocycles. The van der Waals surface area contributed by atoms with Crippen molar-refractivity contribution in [2.75, 3.05) is 6.61 Å². The highest BCUT2D eigenvalue weighted by Crippen LogP contribution is 2.13. The van der Waals surface area contributed by atoms with Crippen molar-refractivity contribution < 1.29 is 9.57 Å². The van der Waals surface area contributed by atoms with Crippen molar-refractivity contribution >= 4 is 18.5 Å². The average Bonchev–Trinajstić information content (AvgIpc) is 2.54. The molecule has 0 atom stereocenters. The van der Waals surface area contributed by atoms with Crippen molar-refractivity contribution in [2.45, 2.75) is 0 Å². The number of hydrogen-bond donors (Lipinski definition) is 0. The molecule has 0 bridgehead atoms. The summed E-state index contributed by atoms with van der Waals surface area (Å²) in [5.74, 6) is 0.813. The molecule has 74 valence electrons. The van der Waals surface area contributed by atoms with E-state index < -0.39 is 0 Å². The fourth-order valence-corrected chi connectivity index (χ4v) is 1.59.